The molecule has 0 unspecified atom stereocenters. The molecule has 2 amide bonds. The number of carbonyl (C=O) groups is 2. The summed E-state index contributed by atoms with van der Waals surface area (Å²) in [5, 5.41) is 3.38. The van der Waals surface area contributed by atoms with Gasteiger partial charge in [0.2, 0.25) is 11.8 Å². The summed E-state index contributed by atoms with van der Waals surface area (Å²) in [6, 6.07) is 24.1. The first-order valence-electron chi connectivity index (χ1n) is 10.8. The smallest absolute Gasteiger partial charge is 0.238 e. The van der Waals surface area contributed by atoms with Crippen LogP contribution in [0.2, 0.25) is 5.02 Å². The van der Waals surface area contributed by atoms with Crippen molar-refractivity contribution in [2.45, 2.75) is 18.1 Å². The molecule has 0 radical (unpaired) electrons. The molecule has 1 heterocycles. The molecule has 1 atom stereocenters. The Bertz CT molecular complexity index is 1170. The summed E-state index contributed by atoms with van der Waals surface area (Å²) >= 11 is 7.23. The van der Waals surface area contributed by atoms with Gasteiger partial charge in [0.25, 0.3) is 0 Å². The maximum Gasteiger partial charge on any atom is 0.238 e. The van der Waals surface area contributed by atoms with Gasteiger partial charge in [-0.25, -0.2) is 0 Å². The predicted molar refractivity (Wildman–Crippen MR) is 139 cm³/mol. The fraction of sp³-hybridized carbons (Fsp3) is 0.192. The predicted octanol–water partition coefficient (Wildman–Crippen LogP) is 5.42. The zero-order chi connectivity index (χ0) is 23.9. The van der Waals surface area contributed by atoms with Crippen LogP contribution >= 0.6 is 23.4 Å². The topological polar surface area (TPSA) is 71.0 Å². The van der Waals surface area contributed by atoms with Gasteiger partial charge in [-0.2, -0.15) is 0 Å². The summed E-state index contributed by atoms with van der Waals surface area (Å²) in [6.45, 7) is 0.498. The SMILES string of the molecule is COc1ccc(N2C(=O)C[C@@H](C(=O)Nc3ccc(Cl)cc3)SC2=NCCc2ccccc2)cc1. The van der Waals surface area contributed by atoms with Gasteiger partial charge in [-0.1, -0.05) is 53.7 Å². The summed E-state index contributed by atoms with van der Waals surface area (Å²) in [6.07, 6.45) is 0.797. The molecule has 3 aromatic carbocycles. The number of rotatable bonds is 7. The van der Waals surface area contributed by atoms with E-state index in [-0.39, 0.29) is 18.2 Å². The molecule has 0 saturated carbocycles. The highest BCUT2D eigenvalue weighted by Gasteiger charge is 2.36. The first-order chi connectivity index (χ1) is 16.5. The van der Waals surface area contributed by atoms with Gasteiger partial charge in [0.15, 0.2) is 5.17 Å². The number of nitrogens with zero attached hydrogens (tertiary/aromatic N) is 2. The fourth-order valence-corrected chi connectivity index (χ4v) is 4.75. The zero-order valence-corrected chi connectivity index (χ0v) is 20.2. The Hall–Kier alpha value is -3.29. The van der Waals surface area contributed by atoms with Crippen LogP contribution in [0.15, 0.2) is 83.9 Å². The average molecular weight is 494 g/mol. The van der Waals surface area contributed by atoms with Gasteiger partial charge in [-0.05, 0) is 60.5 Å². The molecule has 0 spiro atoms. The summed E-state index contributed by atoms with van der Waals surface area (Å²) < 4.78 is 5.24. The van der Waals surface area contributed by atoms with E-state index in [0.717, 1.165) is 12.0 Å². The van der Waals surface area contributed by atoms with Crippen molar-refractivity contribution in [2.24, 2.45) is 4.99 Å². The molecule has 0 aromatic heterocycles. The molecule has 0 bridgehead atoms. The van der Waals surface area contributed by atoms with E-state index in [1.807, 2.05) is 42.5 Å². The van der Waals surface area contributed by atoms with Crippen LogP contribution in [0, 0.1) is 0 Å². The van der Waals surface area contributed by atoms with Gasteiger partial charge in [-0.15, -0.1) is 0 Å². The number of benzene rings is 3. The Kier molecular flexibility index (Phi) is 7.87. The van der Waals surface area contributed by atoms with E-state index in [0.29, 0.717) is 33.9 Å². The second kappa shape index (κ2) is 11.2. The molecule has 1 aliphatic rings. The maximum absolute atomic E-state index is 13.2. The molecular formula is C26H24ClN3O3S. The minimum Gasteiger partial charge on any atom is -0.497 e. The van der Waals surface area contributed by atoms with E-state index in [1.165, 1.54) is 11.8 Å². The van der Waals surface area contributed by atoms with Crippen molar-refractivity contribution in [3.05, 3.63) is 89.4 Å². The zero-order valence-electron chi connectivity index (χ0n) is 18.6. The summed E-state index contributed by atoms with van der Waals surface area (Å²) in [7, 11) is 1.59. The molecule has 8 heteroatoms. The Morgan fingerprint density at radius 3 is 2.47 bits per heavy atom. The molecule has 1 fully saturated rings. The highest BCUT2D eigenvalue weighted by Crippen LogP contribution is 2.32. The highest BCUT2D eigenvalue weighted by molar-refractivity contribution is 8.15. The first-order valence-corrected chi connectivity index (χ1v) is 12.1. The molecule has 1 aliphatic heterocycles. The normalized spacial score (nSPS) is 17.0. The number of nitrogens with one attached hydrogen (secondary N) is 1. The van der Waals surface area contributed by atoms with Crippen molar-refractivity contribution in [2.75, 3.05) is 23.9 Å². The minimum absolute atomic E-state index is 0.0633. The quantitative estimate of drug-likeness (QED) is 0.476. The largest absolute Gasteiger partial charge is 0.497 e. The number of amidine groups is 1. The van der Waals surface area contributed by atoms with E-state index >= 15 is 0 Å². The average Bonchev–Trinajstić information content (AvgIpc) is 2.86. The number of amides is 2. The van der Waals surface area contributed by atoms with Crippen LogP contribution in [0.3, 0.4) is 0 Å². The molecule has 3 aromatic rings. The number of aliphatic imine (C=N–C) groups is 1. The van der Waals surface area contributed by atoms with Crippen LogP contribution in [0.1, 0.15) is 12.0 Å². The lowest BCUT2D eigenvalue weighted by Crippen LogP contribution is -2.45. The van der Waals surface area contributed by atoms with Crippen LogP contribution in [0.25, 0.3) is 0 Å². The van der Waals surface area contributed by atoms with Gasteiger partial charge in [0.1, 0.15) is 11.0 Å². The molecule has 1 saturated heterocycles. The number of halogens is 1. The van der Waals surface area contributed by atoms with E-state index in [4.69, 9.17) is 21.3 Å². The Morgan fingerprint density at radius 2 is 1.79 bits per heavy atom. The van der Waals surface area contributed by atoms with Crippen molar-refractivity contribution in [3.63, 3.8) is 0 Å². The van der Waals surface area contributed by atoms with Crippen LogP contribution in [0.5, 0.6) is 5.75 Å². The van der Waals surface area contributed by atoms with Gasteiger partial charge < -0.3 is 10.1 Å². The van der Waals surface area contributed by atoms with Crippen molar-refractivity contribution < 1.29 is 14.3 Å². The second-order valence-electron chi connectivity index (χ2n) is 7.63. The van der Waals surface area contributed by atoms with Crippen molar-refractivity contribution in [1.29, 1.82) is 0 Å². The summed E-state index contributed by atoms with van der Waals surface area (Å²) in [4.78, 5) is 32.5. The third-order valence-corrected chi connectivity index (χ3v) is 6.71. The number of carbonyl (C=O) groups excluding carboxylic acids is 2. The third kappa shape index (κ3) is 5.98. The van der Waals surface area contributed by atoms with E-state index in [1.54, 1.807) is 48.4 Å². The monoisotopic (exact) mass is 493 g/mol. The minimum atomic E-state index is -0.590. The molecule has 6 nitrogen and oxygen atoms in total. The Balaban J connectivity index is 1.55. The molecule has 1 N–H and O–H groups in total. The van der Waals surface area contributed by atoms with E-state index in [2.05, 4.69) is 5.32 Å². The molecule has 34 heavy (non-hydrogen) atoms. The number of anilines is 2. The lowest BCUT2D eigenvalue weighted by Gasteiger charge is -2.32. The molecule has 174 valence electrons. The number of thioether (sulfide) groups is 1. The summed E-state index contributed by atoms with van der Waals surface area (Å²) in [5.74, 6) is 0.271. The Labute approximate surface area is 208 Å². The molecular weight excluding hydrogens is 470 g/mol. The van der Waals surface area contributed by atoms with Crippen molar-refractivity contribution >= 4 is 51.7 Å². The van der Waals surface area contributed by atoms with Crippen molar-refractivity contribution in [1.82, 2.24) is 0 Å². The second-order valence-corrected chi connectivity index (χ2v) is 9.24. The van der Waals surface area contributed by atoms with Gasteiger partial charge in [0, 0.05) is 23.7 Å². The molecule has 4 rings (SSSR count). The van der Waals surface area contributed by atoms with Crippen LogP contribution in [-0.4, -0.2) is 35.9 Å². The lowest BCUT2D eigenvalue weighted by molar-refractivity contribution is -0.121. The number of methoxy groups -OCH3 is 1. The van der Waals surface area contributed by atoms with Gasteiger partial charge >= 0.3 is 0 Å². The molecule has 0 aliphatic carbocycles. The number of hydrogen-bond donors (Lipinski definition) is 1. The summed E-state index contributed by atoms with van der Waals surface area (Å²) in [5.41, 5.74) is 2.47. The van der Waals surface area contributed by atoms with Gasteiger partial charge in [0.05, 0.1) is 12.8 Å². The maximum atomic E-state index is 13.2. The Morgan fingerprint density at radius 1 is 1.09 bits per heavy atom. The van der Waals surface area contributed by atoms with Crippen molar-refractivity contribution in [3.8, 4) is 5.75 Å². The van der Waals surface area contributed by atoms with Crippen LogP contribution in [-0.2, 0) is 16.0 Å². The first kappa shape index (κ1) is 23.9. The lowest BCUT2D eigenvalue weighted by atomic mass is 10.2. The van der Waals surface area contributed by atoms with Gasteiger partial charge in [-0.3, -0.25) is 19.5 Å². The van der Waals surface area contributed by atoms with Crippen LogP contribution < -0.4 is 15.0 Å². The standard InChI is InChI=1S/C26H24ClN3O3S/c1-33-22-13-11-21(12-14-22)30-24(31)17-23(25(32)29-20-9-7-19(27)8-10-20)34-26(30)28-16-15-18-5-3-2-4-6-18/h2-14,23H,15-17H2,1H3,(H,29,32)/t23-/m0/s1. The number of hydrogen-bond acceptors (Lipinski definition) is 5. The number of ether oxygens (including phenoxy) is 1. The third-order valence-electron chi connectivity index (χ3n) is 5.27. The highest BCUT2D eigenvalue weighted by atomic mass is 35.5. The van der Waals surface area contributed by atoms with E-state index < -0.39 is 5.25 Å². The van der Waals surface area contributed by atoms with E-state index in [9.17, 15) is 9.59 Å². The fourth-order valence-electron chi connectivity index (χ4n) is 3.50. The van der Waals surface area contributed by atoms with Crippen LogP contribution in [0.4, 0.5) is 11.4 Å².